The number of hydrogen-bond acceptors (Lipinski definition) is 5. The summed E-state index contributed by atoms with van der Waals surface area (Å²) in [6.07, 6.45) is 0. The topological polar surface area (TPSA) is 61.8 Å². The van der Waals surface area contributed by atoms with E-state index >= 15 is 0 Å². The van der Waals surface area contributed by atoms with Gasteiger partial charge in [-0.05, 0) is 23.7 Å². The second kappa shape index (κ2) is 5.54. The molecular formula is C11H11ClO5. The zero-order valence-electron chi connectivity index (χ0n) is 9.57. The van der Waals surface area contributed by atoms with E-state index in [0.29, 0.717) is 0 Å². The van der Waals surface area contributed by atoms with Crippen molar-refractivity contribution >= 4 is 22.8 Å². The normalized spacial score (nSPS) is 9.65. The fraction of sp³-hybridized carbons (Fsp3) is 0.273. The molecule has 1 aromatic carbocycles. The Kier molecular flexibility index (Phi) is 4.34. The van der Waals surface area contributed by atoms with E-state index in [-0.39, 0.29) is 22.6 Å². The quantitative estimate of drug-likeness (QED) is 0.609. The summed E-state index contributed by atoms with van der Waals surface area (Å²) in [4.78, 5) is 22.6. The summed E-state index contributed by atoms with van der Waals surface area (Å²) < 4.78 is 14.6. The number of hydrogen-bond donors (Lipinski definition) is 0. The number of halogens is 1. The van der Waals surface area contributed by atoms with Crippen LogP contribution in [0.5, 0.6) is 11.5 Å². The molecule has 1 aromatic rings. The minimum atomic E-state index is -0.669. The van der Waals surface area contributed by atoms with Gasteiger partial charge < -0.3 is 14.2 Å². The predicted octanol–water partition coefficient (Wildman–Crippen LogP) is 1.87. The van der Waals surface area contributed by atoms with Crippen LogP contribution in [0.1, 0.15) is 20.7 Å². The highest BCUT2D eigenvalue weighted by atomic mass is 35.5. The minimum Gasteiger partial charge on any atom is -0.496 e. The van der Waals surface area contributed by atoms with Gasteiger partial charge in [0.2, 0.25) is 0 Å². The van der Waals surface area contributed by atoms with Gasteiger partial charge in [-0.2, -0.15) is 0 Å². The van der Waals surface area contributed by atoms with Crippen molar-refractivity contribution in [2.45, 2.75) is 0 Å². The summed E-state index contributed by atoms with van der Waals surface area (Å²) in [5.41, 5.74) is 0.284. The molecule has 0 aromatic heterocycles. The monoisotopic (exact) mass is 258 g/mol. The Morgan fingerprint density at radius 2 is 1.53 bits per heavy atom. The van der Waals surface area contributed by atoms with Gasteiger partial charge in [0.15, 0.2) is 0 Å². The molecule has 0 bridgehead atoms. The highest BCUT2D eigenvalue weighted by Crippen LogP contribution is 2.31. The van der Waals surface area contributed by atoms with Gasteiger partial charge >= 0.3 is 5.97 Å². The van der Waals surface area contributed by atoms with Crippen molar-refractivity contribution in [3.8, 4) is 11.5 Å². The molecule has 0 atom stereocenters. The zero-order chi connectivity index (χ0) is 13.0. The van der Waals surface area contributed by atoms with Crippen LogP contribution in [0, 0.1) is 0 Å². The van der Waals surface area contributed by atoms with Crippen molar-refractivity contribution in [3.63, 3.8) is 0 Å². The molecule has 0 unspecified atom stereocenters. The maximum Gasteiger partial charge on any atom is 0.345 e. The van der Waals surface area contributed by atoms with Crippen LogP contribution in [0.3, 0.4) is 0 Å². The van der Waals surface area contributed by atoms with Crippen LogP contribution in [-0.4, -0.2) is 32.5 Å². The number of benzene rings is 1. The van der Waals surface area contributed by atoms with Crippen LogP contribution in [0.2, 0.25) is 0 Å². The first-order chi connectivity index (χ1) is 8.04. The van der Waals surface area contributed by atoms with E-state index in [0.717, 1.165) is 0 Å². The lowest BCUT2D eigenvalue weighted by molar-refractivity contribution is 0.0593. The van der Waals surface area contributed by atoms with Gasteiger partial charge in [-0.3, -0.25) is 4.79 Å². The van der Waals surface area contributed by atoms with Crippen molar-refractivity contribution in [2.75, 3.05) is 21.3 Å². The number of esters is 1. The molecule has 0 radical (unpaired) electrons. The van der Waals surface area contributed by atoms with Gasteiger partial charge in [-0.15, -0.1) is 0 Å². The third-order valence-corrected chi connectivity index (χ3v) is 2.34. The van der Waals surface area contributed by atoms with Crippen molar-refractivity contribution in [1.29, 1.82) is 0 Å². The SMILES string of the molecule is COC(=O)c1c(OC)cc(C(=O)Cl)cc1OC. The molecule has 0 heterocycles. The Morgan fingerprint density at radius 1 is 1.06 bits per heavy atom. The van der Waals surface area contributed by atoms with E-state index in [1.807, 2.05) is 0 Å². The molecule has 0 aliphatic heterocycles. The maximum atomic E-state index is 11.6. The molecule has 0 fully saturated rings. The second-order valence-corrected chi connectivity index (χ2v) is 3.36. The molecule has 0 saturated carbocycles. The molecule has 6 heteroatoms. The lowest BCUT2D eigenvalue weighted by Crippen LogP contribution is -2.08. The molecule has 5 nitrogen and oxygen atoms in total. The van der Waals surface area contributed by atoms with Crippen LogP contribution in [0.25, 0.3) is 0 Å². The Bertz CT molecular complexity index is 430. The second-order valence-electron chi connectivity index (χ2n) is 3.02. The molecule has 17 heavy (non-hydrogen) atoms. The number of carbonyl (C=O) groups excluding carboxylic acids is 2. The van der Waals surface area contributed by atoms with E-state index in [1.54, 1.807) is 0 Å². The van der Waals surface area contributed by atoms with Crippen molar-refractivity contribution < 1.29 is 23.8 Å². The molecule has 0 aliphatic carbocycles. The third-order valence-electron chi connectivity index (χ3n) is 2.12. The first-order valence-electron chi connectivity index (χ1n) is 4.59. The minimum absolute atomic E-state index is 0.110. The Labute approximate surface area is 103 Å². The summed E-state index contributed by atoms with van der Waals surface area (Å²) in [5, 5.41) is -0.669. The molecule has 0 N–H and O–H groups in total. The van der Waals surface area contributed by atoms with Crippen molar-refractivity contribution in [2.24, 2.45) is 0 Å². The molecular weight excluding hydrogens is 248 g/mol. The molecule has 0 aliphatic rings. The zero-order valence-corrected chi connectivity index (χ0v) is 10.3. The lowest BCUT2D eigenvalue weighted by atomic mass is 10.1. The number of methoxy groups -OCH3 is 3. The van der Waals surface area contributed by atoms with Gasteiger partial charge in [0.05, 0.1) is 21.3 Å². The van der Waals surface area contributed by atoms with Crippen molar-refractivity contribution in [1.82, 2.24) is 0 Å². The summed E-state index contributed by atoms with van der Waals surface area (Å²) in [7, 11) is 3.97. The molecule has 92 valence electrons. The summed E-state index contributed by atoms with van der Waals surface area (Å²) >= 11 is 5.36. The summed E-state index contributed by atoms with van der Waals surface area (Å²) in [6, 6.07) is 2.70. The largest absolute Gasteiger partial charge is 0.496 e. The predicted molar refractivity (Wildman–Crippen MR) is 61.1 cm³/mol. The standard InChI is InChI=1S/C11H11ClO5/c1-15-7-4-6(10(12)13)5-8(16-2)9(7)11(14)17-3/h4-5H,1-3H3. The average Bonchev–Trinajstić information content (AvgIpc) is 2.35. The maximum absolute atomic E-state index is 11.6. The number of rotatable bonds is 4. The fourth-order valence-corrected chi connectivity index (χ4v) is 1.44. The van der Waals surface area contributed by atoms with Crippen LogP contribution in [0.4, 0.5) is 0 Å². The van der Waals surface area contributed by atoms with Crippen molar-refractivity contribution in [3.05, 3.63) is 23.3 Å². The van der Waals surface area contributed by atoms with E-state index < -0.39 is 11.2 Å². The van der Waals surface area contributed by atoms with Gasteiger partial charge in [-0.1, -0.05) is 0 Å². The van der Waals surface area contributed by atoms with Crippen LogP contribution >= 0.6 is 11.6 Å². The molecule has 0 saturated heterocycles. The van der Waals surface area contributed by atoms with Gasteiger partial charge in [0.25, 0.3) is 5.24 Å². The number of carbonyl (C=O) groups is 2. The molecule has 0 spiro atoms. The molecule has 1 rings (SSSR count). The summed E-state index contributed by atoms with van der Waals surface area (Å²) in [5.74, 6) is -0.285. The Hall–Kier alpha value is -1.75. The lowest BCUT2D eigenvalue weighted by Gasteiger charge is -2.12. The van der Waals surface area contributed by atoms with E-state index in [1.165, 1.54) is 33.5 Å². The van der Waals surface area contributed by atoms with Gasteiger partial charge in [0.1, 0.15) is 17.1 Å². The molecule has 0 amide bonds. The Balaban J connectivity index is 3.46. The number of ether oxygens (including phenoxy) is 3. The van der Waals surface area contributed by atoms with E-state index in [9.17, 15) is 9.59 Å². The fourth-order valence-electron chi connectivity index (χ4n) is 1.33. The van der Waals surface area contributed by atoms with Crippen LogP contribution < -0.4 is 9.47 Å². The van der Waals surface area contributed by atoms with E-state index in [4.69, 9.17) is 21.1 Å². The first-order valence-corrected chi connectivity index (χ1v) is 4.97. The highest BCUT2D eigenvalue weighted by molar-refractivity contribution is 6.67. The summed E-state index contributed by atoms with van der Waals surface area (Å²) in [6.45, 7) is 0. The van der Waals surface area contributed by atoms with Crippen LogP contribution in [0.15, 0.2) is 12.1 Å². The first kappa shape index (κ1) is 13.3. The Morgan fingerprint density at radius 3 is 1.82 bits per heavy atom. The highest BCUT2D eigenvalue weighted by Gasteiger charge is 2.21. The van der Waals surface area contributed by atoms with Crippen LogP contribution in [-0.2, 0) is 4.74 Å². The van der Waals surface area contributed by atoms with Gasteiger partial charge in [0, 0.05) is 5.56 Å². The van der Waals surface area contributed by atoms with E-state index in [2.05, 4.69) is 4.74 Å². The third kappa shape index (κ3) is 2.68. The smallest absolute Gasteiger partial charge is 0.345 e. The average molecular weight is 259 g/mol. The van der Waals surface area contributed by atoms with Gasteiger partial charge in [-0.25, -0.2) is 4.79 Å².